The Kier molecular flexibility index (Phi) is 6.88. The van der Waals surface area contributed by atoms with Crippen molar-refractivity contribution in [2.24, 2.45) is 0 Å². The van der Waals surface area contributed by atoms with Crippen molar-refractivity contribution in [2.45, 2.75) is 6.54 Å². The number of methoxy groups -OCH3 is 2. The van der Waals surface area contributed by atoms with Crippen molar-refractivity contribution in [1.82, 2.24) is 9.55 Å². The highest BCUT2D eigenvalue weighted by Crippen LogP contribution is 2.33. The summed E-state index contributed by atoms with van der Waals surface area (Å²) >= 11 is 0. The Hall–Kier alpha value is -4.59. The van der Waals surface area contributed by atoms with Crippen LogP contribution in [0.1, 0.15) is 5.56 Å². The molecule has 4 rings (SSSR count). The molecule has 172 valence electrons. The van der Waals surface area contributed by atoms with E-state index in [0.29, 0.717) is 23.7 Å². The maximum Gasteiger partial charge on any atom is 0.347 e. The molecule has 0 unspecified atom stereocenters. The summed E-state index contributed by atoms with van der Waals surface area (Å²) < 4.78 is 12.2. The predicted molar refractivity (Wildman–Crippen MR) is 132 cm³/mol. The van der Waals surface area contributed by atoms with Gasteiger partial charge in [0.15, 0.2) is 0 Å². The Morgan fingerprint density at radius 1 is 0.912 bits per heavy atom. The SMILES string of the molecule is COc1ccc(-c2cc(NC(=O)Nc3cccc(Cn4cccnc4=O)c3)ccc2OC)cc1. The minimum atomic E-state index is -0.387. The topological polar surface area (TPSA) is 94.5 Å². The lowest BCUT2D eigenvalue weighted by Gasteiger charge is -2.13. The van der Waals surface area contributed by atoms with Gasteiger partial charge in [0.05, 0.1) is 20.8 Å². The third-order valence-corrected chi connectivity index (χ3v) is 5.18. The van der Waals surface area contributed by atoms with Crippen LogP contribution in [0.15, 0.2) is 90.0 Å². The lowest BCUT2D eigenvalue weighted by molar-refractivity contribution is 0.262. The lowest BCUT2D eigenvalue weighted by Crippen LogP contribution is -2.22. The van der Waals surface area contributed by atoms with Gasteiger partial charge in [-0.3, -0.25) is 4.57 Å². The largest absolute Gasteiger partial charge is 0.497 e. The Balaban J connectivity index is 1.48. The quantitative estimate of drug-likeness (QED) is 0.423. The Morgan fingerprint density at radius 3 is 2.38 bits per heavy atom. The second-order valence-corrected chi connectivity index (χ2v) is 7.45. The van der Waals surface area contributed by atoms with Crippen molar-refractivity contribution in [1.29, 1.82) is 0 Å². The van der Waals surface area contributed by atoms with Crippen LogP contribution in [0.25, 0.3) is 11.1 Å². The minimum Gasteiger partial charge on any atom is -0.497 e. The van der Waals surface area contributed by atoms with E-state index in [1.165, 1.54) is 10.8 Å². The molecule has 0 spiro atoms. The van der Waals surface area contributed by atoms with Gasteiger partial charge < -0.3 is 20.1 Å². The van der Waals surface area contributed by atoms with Gasteiger partial charge in [0.2, 0.25) is 0 Å². The molecule has 3 aromatic carbocycles. The van der Waals surface area contributed by atoms with E-state index in [-0.39, 0.29) is 11.7 Å². The first-order valence-corrected chi connectivity index (χ1v) is 10.6. The fourth-order valence-corrected chi connectivity index (χ4v) is 3.53. The van der Waals surface area contributed by atoms with E-state index >= 15 is 0 Å². The fourth-order valence-electron chi connectivity index (χ4n) is 3.53. The van der Waals surface area contributed by atoms with Crippen LogP contribution in [0.5, 0.6) is 11.5 Å². The van der Waals surface area contributed by atoms with E-state index in [1.807, 2.05) is 48.5 Å². The number of hydrogen-bond donors (Lipinski definition) is 2. The molecular weight excluding hydrogens is 432 g/mol. The van der Waals surface area contributed by atoms with Crippen LogP contribution in [0.3, 0.4) is 0 Å². The van der Waals surface area contributed by atoms with Crippen LogP contribution in [0, 0.1) is 0 Å². The third-order valence-electron chi connectivity index (χ3n) is 5.18. The number of benzene rings is 3. The summed E-state index contributed by atoms with van der Waals surface area (Å²) in [6.45, 7) is 0.355. The standard InChI is InChI=1S/C26H24N4O4/c1-33-22-10-7-19(8-11-22)23-16-21(9-12-24(23)34-2)29-25(31)28-20-6-3-5-18(15-20)17-30-14-4-13-27-26(30)32/h3-16H,17H2,1-2H3,(H2,28,29,31). The van der Waals surface area contributed by atoms with E-state index < -0.39 is 0 Å². The van der Waals surface area contributed by atoms with Gasteiger partial charge in [-0.2, -0.15) is 0 Å². The number of anilines is 2. The number of urea groups is 1. The van der Waals surface area contributed by atoms with Crippen LogP contribution in [-0.4, -0.2) is 29.8 Å². The zero-order valence-electron chi connectivity index (χ0n) is 18.8. The molecule has 0 saturated heterocycles. The van der Waals surface area contributed by atoms with E-state index in [2.05, 4.69) is 15.6 Å². The van der Waals surface area contributed by atoms with Crippen LogP contribution in [0.2, 0.25) is 0 Å². The second-order valence-electron chi connectivity index (χ2n) is 7.45. The summed E-state index contributed by atoms with van der Waals surface area (Å²) in [6, 6.07) is 21.6. The highest BCUT2D eigenvalue weighted by molar-refractivity contribution is 6.00. The Morgan fingerprint density at radius 2 is 1.68 bits per heavy atom. The Bertz CT molecular complexity index is 1350. The normalized spacial score (nSPS) is 10.4. The van der Waals surface area contributed by atoms with Crippen LogP contribution >= 0.6 is 0 Å². The smallest absolute Gasteiger partial charge is 0.347 e. The maximum atomic E-state index is 12.7. The average Bonchev–Trinajstić information content (AvgIpc) is 2.85. The molecule has 4 aromatic rings. The van der Waals surface area contributed by atoms with Crippen LogP contribution in [-0.2, 0) is 6.54 Å². The summed E-state index contributed by atoms with van der Waals surface area (Å²) in [5.74, 6) is 1.45. The van der Waals surface area contributed by atoms with Gasteiger partial charge in [-0.05, 0) is 59.7 Å². The summed E-state index contributed by atoms with van der Waals surface area (Å²) in [6.07, 6.45) is 3.13. The Labute approximate surface area is 196 Å². The third kappa shape index (κ3) is 5.42. The second kappa shape index (κ2) is 10.4. The van der Waals surface area contributed by atoms with Crippen molar-refractivity contribution < 1.29 is 14.3 Å². The number of nitrogens with zero attached hydrogens (tertiary/aromatic N) is 2. The first-order valence-electron chi connectivity index (χ1n) is 10.6. The van der Waals surface area contributed by atoms with Crippen LogP contribution in [0.4, 0.5) is 16.2 Å². The van der Waals surface area contributed by atoms with Crippen molar-refractivity contribution >= 4 is 17.4 Å². The summed E-state index contributed by atoms with van der Waals surface area (Å²) in [4.78, 5) is 28.3. The number of rotatable bonds is 7. The molecule has 2 N–H and O–H groups in total. The van der Waals surface area contributed by atoms with Crippen molar-refractivity contribution in [2.75, 3.05) is 24.9 Å². The van der Waals surface area contributed by atoms with Gasteiger partial charge in [0, 0.05) is 29.3 Å². The van der Waals surface area contributed by atoms with Crippen molar-refractivity contribution in [3.05, 3.63) is 101 Å². The molecule has 1 heterocycles. The van der Waals surface area contributed by atoms with E-state index in [1.54, 1.807) is 44.7 Å². The molecule has 0 atom stereocenters. The van der Waals surface area contributed by atoms with E-state index in [0.717, 1.165) is 22.4 Å². The van der Waals surface area contributed by atoms with E-state index in [4.69, 9.17) is 9.47 Å². The zero-order chi connectivity index (χ0) is 23.9. The number of aromatic nitrogens is 2. The molecule has 2 amide bonds. The molecule has 1 aromatic heterocycles. The molecule has 34 heavy (non-hydrogen) atoms. The number of nitrogens with one attached hydrogen (secondary N) is 2. The van der Waals surface area contributed by atoms with E-state index in [9.17, 15) is 9.59 Å². The highest BCUT2D eigenvalue weighted by atomic mass is 16.5. The molecule has 0 saturated carbocycles. The van der Waals surface area contributed by atoms with Gasteiger partial charge in [-0.15, -0.1) is 0 Å². The maximum absolute atomic E-state index is 12.7. The molecule has 8 nitrogen and oxygen atoms in total. The molecule has 0 radical (unpaired) electrons. The molecule has 0 bridgehead atoms. The van der Waals surface area contributed by atoms with Gasteiger partial charge >= 0.3 is 11.7 Å². The zero-order valence-corrected chi connectivity index (χ0v) is 18.8. The van der Waals surface area contributed by atoms with Gasteiger partial charge in [0.1, 0.15) is 11.5 Å². The first kappa shape index (κ1) is 22.6. The molecular formula is C26H24N4O4. The average molecular weight is 457 g/mol. The van der Waals surface area contributed by atoms with Gasteiger partial charge in [-0.25, -0.2) is 14.6 Å². The number of amides is 2. The number of carbonyl (C=O) groups excluding carboxylic acids is 1. The summed E-state index contributed by atoms with van der Waals surface area (Å²) in [7, 11) is 3.22. The molecule has 0 aliphatic heterocycles. The minimum absolute atomic E-state index is 0.328. The highest BCUT2D eigenvalue weighted by Gasteiger charge is 2.10. The van der Waals surface area contributed by atoms with Crippen molar-refractivity contribution in [3.8, 4) is 22.6 Å². The number of ether oxygens (including phenoxy) is 2. The van der Waals surface area contributed by atoms with Gasteiger partial charge in [-0.1, -0.05) is 24.3 Å². The monoisotopic (exact) mass is 456 g/mol. The van der Waals surface area contributed by atoms with Crippen molar-refractivity contribution in [3.63, 3.8) is 0 Å². The summed E-state index contributed by atoms with van der Waals surface area (Å²) in [5.41, 5.74) is 3.52. The molecule has 0 aliphatic rings. The van der Waals surface area contributed by atoms with Gasteiger partial charge in [0.25, 0.3) is 0 Å². The predicted octanol–water partition coefficient (Wildman–Crippen LogP) is 4.62. The first-order chi connectivity index (χ1) is 16.6. The number of hydrogen-bond acceptors (Lipinski definition) is 5. The molecule has 8 heteroatoms. The lowest BCUT2D eigenvalue weighted by atomic mass is 10.0. The van der Waals surface area contributed by atoms with Crippen LogP contribution < -0.4 is 25.8 Å². The number of carbonyl (C=O) groups is 1. The molecule has 0 fully saturated rings. The summed E-state index contributed by atoms with van der Waals surface area (Å²) in [5, 5.41) is 5.69. The fraction of sp³-hybridized carbons (Fsp3) is 0.115. The molecule has 0 aliphatic carbocycles.